The summed E-state index contributed by atoms with van der Waals surface area (Å²) in [5.41, 5.74) is 1.35. The Morgan fingerprint density at radius 2 is 1.87 bits per heavy atom. The minimum atomic E-state index is -0.671. The van der Waals surface area contributed by atoms with Crippen LogP contribution in [0.1, 0.15) is 17.2 Å². The Morgan fingerprint density at radius 1 is 1.13 bits per heavy atom. The highest BCUT2D eigenvalue weighted by atomic mass is 16.5. The number of methoxy groups -OCH3 is 1. The number of amides is 1. The number of hydrogen-bond donors (Lipinski definition) is 2. The van der Waals surface area contributed by atoms with Crippen molar-refractivity contribution >= 4 is 17.4 Å². The second kappa shape index (κ2) is 9.32. The first-order valence-corrected chi connectivity index (χ1v) is 10.5. The fraction of sp³-hybridized carbons (Fsp3) is 0.333. The summed E-state index contributed by atoms with van der Waals surface area (Å²) in [5.74, 6) is -0.779. The van der Waals surface area contributed by atoms with Gasteiger partial charge in [0.25, 0.3) is 11.7 Å². The number of rotatable bonds is 6. The van der Waals surface area contributed by atoms with Crippen molar-refractivity contribution in [2.24, 2.45) is 0 Å². The molecular formula is C24H27N2O5+. The molecule has 0 spiro atoms. The molecule has 162 valence electrons. The van der Waals surface area contributed by atoms with Crippen LogP contribution >= 0.6 is 0 Å². The summed E-state index contributed by atoms with van der Waals surface area (Å²) in [6.45, 7) is 4.26. The fourth-order valence-electron chi connectivity index (χ4n) is 4.21. The SMILES string of the molecule is COc1cccc([C@H]2C(=C(O)c3ccccc3)C(=O)C(=O)N2CC[NH+]2CCOCC2)c1. The van der Waals surface area contributed by atoms with Crippen LogP contribution in [-0.2, 0) is 14.3 Å². The van der Waals surface area contributed by atoms with E-state index in [0.29, 0.717) is 37.6 Å². The highest BCUT2D eigenvalue weighted by Crippen LogP contribution is 2.39. The summed E-state index contributed by atoms with van der Waals surface area (Å²) in [5, 5.41) is 11.0. The van der Waals surface area contributed by atoms with E-state index in [1.54, 1.807) is 36.3 Å². The molecule has 2 aliphatic rings. The number of aliphatic hydroxyl groups excluding tert-OH is 1. The lowest BCUT2D eigenvalue weighted by molar-refractivity contribution is -0.907. The lowest BCUT2D eigenvalue weighted by atomic mass is 9.95. The lowest BCUT2D eigenvalue weighted by Crippen LogP contribution is -3.14. The third kappa shape index (κ3) is 4.33. The van der Waals surface area contributed by atoms with Crippen LogP contribution in [0.3, 0.4) is 0 Å². The van der Waals surface area contributed by atoms with Gasteiger partial charge in [0.05, 0.1) is 45.0 Å². The zero-order valence-electron chi connectivity index (χ0n) is 17.5. The van der Waals surface area contributed by atoms with Crippen molar-refractivity contribution < 1.29 is 29.1 Å². The Bertz CT molecular complexity index is 982. The largest absolute Gasteiger partial charge is 0.507 e. The number of carbonyl (C=O) groups is 2. The van der Waals surface area contributed by atoms with Gasteiger partial charge >= 0.3 is 0 Å². The van der Waals surface area contributed by atoms with Crippen LogP contribution in [0.15, 0.2) is 60.2 Å². The van der Waals surface area contributed by atoms with Gasteiger partial charge in [0.1, 0.15) is 24.6 Å². The Morgan fingerprint density at radius 3 is 2.58 bits per heavy atom. The van der Waals surface area contributed by atoms with Gasteiger partial charge in [-0.2, -0.15) is 0 Å². The van der Waals surface area contributed by atoms with Gasteiger partial charge in [-0.3, -0.25) is 9.59 Å². The van der Waals surface area contributed by atoms with Crippen molar-refractivity contribution in [3.63, 3.8) is 0 Å². The molecular weight excluding hydrogens is 396 g/mol. The molecule has 0 radical (unpaired) electrons. The number of nitrogens with one attached hydrogen (secondary N) is 1. The van der Waals surface area contributed by atoms with E-state index in [2.05, 4.69) is 0 Å². The van der Waals surface area contributed by atoms with Crippen molar-refractivity contribution in [1.29, 1.82) is 0 Å². The van der Waals surface area contributed by atoms with Gasteiger partial charge < -0.3 is 24.4 Å². The van der Waals surface area contributed by atoms with Crippen LogP contribution in [0.2, 0.25) is 0 Å². The Kier molecular flexibility index (Phi) is 6.34. The van der Waals surface area contributed by atoms with Crippen molar-refractivity contribution in [1.82, 2.24) is 4.90 Å². The molecule has 2 aromatic carbocycles. The van der Waals surface area contributed by atoms with Gasteiger partial charge in [-0.15, -0.1) is 0 Å². The summed E-state index contributed by atoms with van der Waals surface area (Å²) >= 11 is 0. The third-order valence-electron chi connectivity index (χ3n) is 5.90. The van der Waals surface area contributed by atoms with Gasteiger partial charge in [-0.1, -0.05) is 42.5 Å². The van der Waals surface area contributed by atoms with E-state index in [4.69, 9.17) is 9.47 Å². The van der Waals surface area contributed by atoms with Gasteiger partial charge in [-0.25, -0.2) is 0 Å². The van der Waals surface area contributed by atoms with Crippen LogP contribution in [0, 0.1) is 0 Å². The van der Waals surface area contributed by atoms with E-state index in [1.807, 2.05) is 30.3 Å². The average molecular weight is 423 g/mol. The normalized spacial score (nSPS) is 21.5. The minimum Gasteiger partial charge on any atom is -0.507 e. The first-order chi connectivity index (χ1) is 15.1. The molecule has 31 heavy (non-hydrogen) atoms. The van der Waals surface area contributed by atoms with E-state index >= 15 is 0 Å². The number of benzene rings is 2. The predicted octanol–water partition coefficient (Wildman–Crippen LogP) is 1.03. The summed E-state index contributed by atoms with van der Waals surface area (Å²) in [4.78, 5) is 29.0. The van der Waals surface area contributed by atoms with Crippen LogP contribution in [0.4, 0.5) is 0 Å². The van der Waals surface area contributed by atoms with E-state index in [9.17, 15) is 14.7 Å². The second-order valence-electron chi connectivity index (χ2n) is 7.75. The molecule has 7 nitrogen and oxygen atoms in total. The van der Waals surface area contributed by atoms with Crippen LogP contribution in [-0.4, -0.2) is 68.2 Å². The highest BCUT2D eigenvalue weighted by molar-refractivity contribution is 6.46. The molecule has 0 aliphatic carbocycles. The number of likely N-dealkylation sites (tertiary alicyclic amines) is 1. The zero-order chi connectivity index (χ0) is 21.8. The molecule has 2 fully saturated rings. The topological polar surface area (TPSA) is 80.5 Å². The molecule has 7 heteroatoms. The third-order valence-corrected chi connectivity index (χ3v) is 5.90. The molecule has 0 bridgehead atoms. The van der Waals surface area contributed by atoms with Gasteiger partial charge in [-0.05, 0) is 17.7 Å². The summed E-state index contributed by atoms with van der Waals surface area (Å²) in [7, 11) is 1.57. The van der Waals surface area contributed by atoms with Gasteiger partial charge in [0.2, 0.25) is 0 Å². The molecule has 0 saturated carbocycles. The molecule has 0 aromatic heterocycles. The Labute approximate surface area is 181 Å². The smallest absolute Gasteiger partial charge is 0.295 e. The number of ether oxygens (including phenoxy) is 2. The number of ketones is 1. The van der Waals surface area contributed by atoms with Crippen LogP contribution in [0.25, 0.3) is 5.76 Å². The van der Waals surface area contributed by atoms with Gasteiger partial charge in [0.15, 0.2) is 0 Å². The number of carbonyl (C=O) groups excluding carboxylic acids is 2. The Balaban J connectivity index is 1.74. The molecule has 1 amide bonds. The second-order valence-corrected chi connectivity index (χ2v) is 7.75. The number of hydrogen-bond acceptors (Lipinski definition) is 5. The van der Waals surface area contributed by atoms with Crippen molar-refractivity contribution in [2.75, 3.05) is 46.5 Å². The Hall–Kier alpha value is -3.16. The number of Topliss-reactive ketones (excluding diaryl/α,β-unsaturated/α-hetero) is 1. The molecule has 4 rings (SSSR count). The summed E-state index contributed by atoms with van der Waals surface area (Å²) in [6, 6.07) is 15.5. The maximum Gasteiger partial charge on any atom is 0.295 e. The fourth-order valence-corrected chi connectivity index (χ4v) is 4.21. The maximum absolute atomic E-state index is 13.1. The molecule has 1 atom stereocenters. The van der Waals surface area contributed by atoms with Crippen LogP contribution < -0.4 is 9.64 Å². The minimum absolute atomic E-state index is 0.112. The number of aliphatic hydroxyl groups is 1. The van der Waals surface area contributed by atoms with Crippen molar-refractivity contribution in [3.05, 3.63) is 71.3 Å². The zero-order valence-corrected chi connectivity index (χ0v) is 17.5. The summed E-state index contributed by atoms with van der Waals surface area (Å²) in [6.07, 6.45) is 0. The first-order valence-electron chi connectivity index (χ1n) is 10.5. The average Bonchev–Trinajstić information content (AvgIpc) is 3.08. The van der Waals surface area contributed by atoms with Gasteiger partial charge in [0, 0.05) is 5.56 Å². The van der Waals surface area contributed by atoms with E-state index in [-0.39, 0.29) is 11.3 Å². The highest BCUT2D eigenvalue weighted by Gasteiger charge is 2.46. The molecule has 2 heterocycles. The quantitative estimate of drug-likeness (QED) is 0.412. The molecule has 2 saturated heterocycles. The predicted molar refractivity (Wildman–Crippen MR) is 115 cm³/mol. The summed E-state index contributed by atoms with van der Waals surface area (Å²) < 4.78 is 10.8. The molecule has 2 aromatic rings. The van der Waals surface area contributed by atoms with E-state index < -0.39 is 17.7 Å². The standard InChI is InChI=1S/C24H26N2O5/c1-30-19-9-5-8-18(16-19)21-20(22(27)17-6-3-2-4-7-17)23(28)24(29)26(21)11-10-25-12-14-31-15-13-25/h2-9,16,21,27H,10-15H2,1H3/p+1/t21-/m0/s1. The lowest BCUT2D eigenvalue weighted by Gasteiger charge is -2.29. The monoisotopic (exact) mass is 423 g/mol. The number of quaternary nitrogens is 1. The van der Waals surface area contributed by atoms with Crippen molar-refractivity contribution in [2.45, 2.75) is 6.04 Å². The maximum atomic E-state index is 13.1. The molecule has 2 aliphatic heterocycles. The van der Waals surface area contributed by atoms with Crippen LogP contribution in [0.5, 0.6) is 5.75 Å². The molecule has 2 N–H and O–H groups in total. The molecule has 0 unspecified atom stereocenters. The first kappa shape index (κ1) is 21.1. The van der Waals surface area contributed by atoms with Crippen molar-refractivity contribution in [3.8, 4) is 5.75 Å². The van der Waals surface area contributed by atoms with E-state index in [0.717, 1.165) is 18.7 Å². The number of nitrogens with zero attached hydrogens (tertiary/aromatic N) is 1. The number of morpholine rings is 1. The van der Waals surface area contributed by atoms with E-state index in [1.165, 1.54) is 4.90 Å².